The predicted molar refractivity (Wildman–Crippen MR) is 151 cm³/mol. The lowest BCUT2D eigenvalue weighted by Crippen LogP contribution is -2.36. The van der Waals surface area contributed by atoms with E-state index in [1.54, 1.807) is 24.3 Å². The molecule has 0 spiro atoms. The molecule has 0 saturated heterocycles. The first-order chi connectivity index (χ1) is 17.4. The number of halogens is 1. The van der Waals surface area contributed by atoms with Crippen LogP contribution in [0.15, 0.2) is 95.2 Å². The topological polar surface area (TPSA) is 79.5 Å². The maximum Gasteiger partial charge on any atom is 0.250 e. The molecule has 0 aliphatic carbocycles. The van der Waals surface area contributed by atoms with Gasteiger partial charge in [-0.15, -0.1) is 11.3 Å². The maximum absolute atomic E-state index is 12.8. The van der Waals surface area contributed by atoms with Crippen LogP contribution in [0.5, 0.6) is 5.75 Å². The average molecular weight is 558 g/mol. The van der Waals surface area contributed by atoms with Crippen molar-refractivity contribution in [1.82, 2.24) is 10.0 Å². The molecule has 0 fully saturated rings. The van der Waals surface area contributed by atoms with Crippen molar-refractivity contribution < 1.29 is 13.2 Å². The highest BCUT2D eigenvalue weighted by Crippen LogP contribution is 2.36. The van der Waals surface area contributed by atoms with Gasteiger partial charge in [-0.3, -0.25) is 0 Å². The van der Waals surface area contributed by atoms with E-state index in [0.29, 0.717) is 29.0 Å². The number of benzene rings is 3. The van der Waals surface area contributed by atoms with Gasteiger partial charge in [0.1, 0.15) is 16.6 Å². The van der Waals surface area contributed by atoms with E-state index in [1.807, 2.05) is 66.7 Å². The number of ether oxygens (including phenoxy) is 1. The van der Waals surface area contributed by atoms with Gasteiger partial charge in [-0.2, -0.15) is 0 Å². The average Bonchev–Trinajstić information content (AvgIpc) is 3.38. The van der Waals surface area contributed by atoms with Gasteiger partial charge in [0.15, 0.2) is 5.11 Å². The number of thiocarbonyl (C=S) groups is 1. The number of sulfonamides is 1. The van der Waals surface area contributed by atoms with Crippen molar-refractivity contribution in [2.24, 2.45) is 0 Å². The molecule has 6 nitrogen and oxygen atoms in total. The predicted octanol–water partition coefficient (Wildman–Crippen LogP) is 5.91. The zero-order valence-corrected chi connectivity index (χ0v) is 22.3. The highest BCUT2D eigenvalue weighted by molar-refractivity contribution is 7.91. The molecule has 186 valence electrons. The molecule has 0 aliphatic rings. The Morgan fingerprint density at radius 2 is 1.69 bits per heavy atom. The Kier molecular flexibility index (Phi) is 8.95. The third-order valence-corrected chi connectivity index (χ3v) is 8.57. The lowest BCUT2D eigenvalue weighted by atomic mass is 10.1. The van der Waals surface area contributed by atoms with Crippen molar-refractivity contribution >= 4 is 56.0 Å². The van der Waals surface area contributed by atoms with Crippen LogP contribution in [0.3, 0.4) is 0 Å². The fourth-order valence-corrected chi connectivity index (χ4v) is 6.14. The second-order valence-corrected chi connectivity index (χ2v) is 11.6. The Hall–Kier alpha value is -2.95. The van der Waals surface area contributed by atoms with E-state index in [-0.39, 0.29) is 10.8 Å². The number of anilines is 1. The van der Waals surface area contributed by atoms with Gasteiger partial charge in [-0.25, -0.2) is 13.1 Å². The Morgan fingerprint density at radius 3 is 2.50 bits per heavy atom. The lowest BCUT2D eigenvalue weighted by Gasteiger charge is -2.11. The van der Waals surface area contributed by atoms with Crippen LogP contribution in [0.25, 0.3) is 10.4 Å². The van der Waals surface area contributed by atoms with Crippen molar-refractivity contribution in [1.29, 1.82) is 0 Å². The first-order valence-electron chi connectivity index (χ1n) is 11.1. The van der Waals surface area contributed by atoms with Gasteiger partial charge in [-0.1, -0.05) is 60.1 Å². The van der Waals surface area contributed by atoms with Gasteiger partial charge in [0.25, 0.3) is 0 Å². The summed E-state index contributed by atoms with van der Waals surface area (Å²) in [4.78, 5) is 0.809. The van der Waals surface area contributed by atoms with E-state index >= 15 is 0 Å². The molecule has 0 saturated carbocycles. The largest absolute Gasteiger partial charge is 0.488 e. The van der Waals surface area contributed by atoms with E-state index < -0.39 is 10.0 Å². The molecule has 3 N–H and O–H groups in total. The minimum atomic E-state index is -3.67. The summed E-state index contributed by atoms with van der Waals surface area (Å²) >= 11 is 12.4. The molecule has 3 aromatic carbocycles. The Balaban J connectivity index is 1.32. The Morgan fingerprint density at radius 1 is 0.917 bits per heavy atom. The molecule has 1 heterocycles. The molecular weight excluding hydrogens is 534 g/mol. The number of thiophene rings is 1. The fourth-order valence-electron chi connectivity index (χ4n) is 3.31. The van der Waals surface area contributed by atoms with Crippen LogP contribution in [-0.2, 0) is 16.6 Å². The Labute approximate surface area is 225 Å². The summed E-state index contributed by atoms with van der Waals surface area (Å²) in [6, 6.07) is 28.1. The van der Waals surface area contributed by atoms with Gasteiger partial charge in [0, 0.05) is 34.2 Å². The molecule has 4 rings (SSSR count). The van der Waals surface area contributed by atoms with E-state index in [2.05, 4.69) is 15.4 Å². The van der Waals surface area contributed by atoms with Crippen molar-refractivity contribution in [2.75, 3.05) is 18.4 Å². The zero-order valence-electron chi connectivity index (χ0n) is 19.1. The first-order valence-corrected chi connectivity index (χ1v) is 14.2. The SMILES string of the molecule is O=S(=O)(NCCNC(=S)Nc1cccc(Cl)c1)c1ccc(-c2ccccc2OCc2ccccc2)s1. The fraction of sp³-hybridized carbons (Fsp3) is 0.115. The molecular formula is C26H24ClN3O3S3. The summed E-state index contributed by atoms with van der Waals surface area (Å²) in [7, 11) is -3.67. The normalized spacial score (nSPS) is 11.1. The van der Waals surface area contributed by atoms with Crippen molar-refractivity contribution in [3.05, 3.63) is 102 Å². The van der Waals surface area contributed by atoms with Gasteiger partial charge < -0.3 is 15.4 Å². The number of rotatable bonds is 10. The number of nitrogens with one attached hydrogen (secondary N) is 3. The zero-order chi connectivity index (χ0) is 25.4. The van der Waals surface area contributed by atoms with Crippen LogP contribution in [-0.4, -0.2) is 26.6 Å². The van der Waals surface area contributed by atoms with Gasteiger partial charge in [-0.05, 0) is 60.2 Å². The second-order valence-electron chi connectivity index (χ2n) is 7.68. The van der Waals surface area contributed by atoms with Crippen molar-refractivity contribution in [3.63, 3.8) is 0 Å². The molecule has 36 heavy (non-hydrogen) atoms. The highest BCUT2D eigenvalue weighted by Gasteiger charge is 2.18. The first kappa shape index (κ1) is 26.1. The van der Waals surface area contributed by atoms with E-state index in [1.165, 1.54) is 11.3 Å². The summed E-state index contributed by atoms with van der Waals surface area (Å²) in [6.07, 6.45) is 0. The van der Waals surface area contributed by atoms with Gasteiger partial charge in [0.05, 0.1) is 0 Å². The van der Waals surface area contributed by atoms with Crippen LogP contribution < -0.4 is 20.1 Å². The molecule has 0 bridgehead atoms. The van der Waals surface area contributed by atoms with E-state index in [0.717, 1.165) is 21.7 Å². The smallest absolute Gasteiger partial charge is 0.250 e. The van der Waals surface area contributed by atoms with E-state index in [4.69, 9.17) is 28.6 Å². The molecule has 0 atom stereocenters. The number of hydrogen-bond acceptors (Lipinski definition) is 5. The highest BCUT2D eigenvalue weighted by atomic mass is 35.5. The minimum Gasteiger partial charge on any atom is -0.488 e. The van der Waals surface area contributed by atoms with Gasteiger partial charge in [0.2, 0.25) is 10.0 Å². The molecule has 1 aromatic heterocycles. The molecule has 0 unspecified atom stereocenters. The number of para-hydroxylation sites is 1. The van der Waals surface area contributed by atoms with Crippen LogP contribution >= 0.6 is 35.2 Å². The molecule has 0 radical (unpaired) electrons. The monoisotopic (exact) mass is 557 g/mol. The quantitative estimate of drug-likeness (QED) is 0.166. The van der Waals surface area contributed by atoms with Gasteiger partial charge >= 0.3 is 0 Å². The summed E-state index contributed by atoms with van der Waals surface area (Å²) < 4.78 is 34.5. The van der Waals surface area contributed by atoms with Crippen LogP contribution in [0, 0.1) is 0 Å². The van der Waals surface area contributed by atoms with E-state index in [9.17, 15) is 8.42 Å². The standard InChI is InChI=1S/C26H24ClN3O3S3/c27-20-9-6-10-21(17-20)30-26(34)28-15-16-29-36(31,32)25-14-13-24(35-25)22-11-4-5-12-23(22)33-18-19-7-2-1-3-8-19/h1-14,17,29H,15-16,18H2,(H2,28,30,34). The molecule has 0 amide bonds. The second kappa shape index (κ2) is 12.3. The molecule has 0 aliphatic heterocycles. The van der Waals surface area contributed by atoms with Crippen LogP contribution in [0.4, 0.5) is 5.69 Å². The lowest BCUT2D eigenvalue weighted by molar-refractivity contribution is 0.307. The minimum absolute atomic E-state index is 0.170. The summed E-state index contributed by atoms with van der Waals surface area (Å²) in [6.45, 7) is 0.917. The third-order valence-electron chi connectivity index (χ3n) is 5.02. The Bertz CT molecular complexity index is 1430. The maximum atomic E-state index is 12.8. The summed E-state index contributed by atoms with van der Waals surface area (Å²) in [5.74, 6) is 0.699. The third kappa shape index (κ3) is 7.28. The summed E-state index contributed by atoms with van der Waals surface area (Å²) in [5, 5.41) is 6.96. The number of hydrogen-bond donors (Lipinski definition) is 3. The van der Waals surface area contributed by atoms with Crippen molar-refractivity contribution in [3.8, 4) is 16.2 Å². The molecule has 4 aromatic rings. The van der Waals surface area contributed by atoms with Crippen LogP contribution in [0.2, 0.25) is 5.02 Å². The van der Waals surface area contributed by atoms with Crippen LogP contribution in [0.1, 0.15) is 5.56 Å². The molecule has 10 heteroatoms. The van der Waals surface area contributed by atoms with Crippen molar-refractivity contribution in [2.45, 2.75) is 10.8 Å². The summed E-state index contributed by atoms with van der Waals surface area (Å²) in [5.41, 5.74) is 2.65.